The predicted octanol–water partition coefficient (Wildman–Crippen LogP) is 3.76. The Hall–Kier alpha value is -2.73. The van der Waals surface area contributed by atoms with E-state index in [2.05, 4.69) is 49.2 Å². The van der Waals surface area contributed by atoms with Gasteiger partial charge >= 0.3 is 0 Å². The van der Waals surface area contributed by atoms with Gasteiger partial charge in [-0.3, -0.25) is 4.79 Å². The molecule has 0 spiro atoms. The third-order valence-corrected chi connectivity index (χ3v) is 4.67. The number of anilines is 1. The molecule has 25 heavy (non-hydrogen) atoms. The van der Waals surface area contributed by atoms with E-state index in [9.17, 15) is 4.79 Å². The normalized spacial score (nSPS) is 16.7. The van der Waals surface area contributed by atoms with Crippen LogP contribution in [0.1, 0.15) is 29.5 Å². The van der Waals surface area contributed by atoms with Crippen molar-refractivity contribution < 1.29 is 4.79 Å². The first-order chi connectivity index (χ1) is 12.1. The second-order valence-corrected chi connectivity index (χ2v) is 6.65. The van der Waals surface area contributed by atoms with Crippen LogP contribution >= 0.6 is 0 Å². The first kappa shape index (κ1) is 17.1. The SMILES string of the molecule is Cc1ccc(N[C@@H]2CCCN(C(=O)C#Cc3ccccc3)C2)cc1C. The molecule has 0 radical (unpaired) electrons. The molecule has 1 fully saturated rings. The molecule has 0 unspecified atom stereocenters. The molecule has 3 heteroatoms. The molecule has 1 amide bonds. The number of carbonyl (C=O) groups excluding carboxylic acids is 1. The summed E-state index contributed by atoms with van der Waals surface area (Å²) in [6.45, 7) is 5.73. The molecule has 1 N–H and O–H groups in total. The minimum absolute atomic E-state index is 0.0876. The zero-order valence-electron chi connectivity index (χ0n) is 14.9. The Balaban J connectivity index is 1.61. The topological polar surface area (TPSA) is 32.3 Å². The van der Waals surface area contributed by atoms with Crippen LogP contribution in [0.2, 0.25) is 0 Å². The van der Waals surface area contributed by atoms with Crippen molar-refractivity contribution in [3.63, 3.8) is 0 Å². The maximum absolute atomic E-state index is 12.4. The lowest BCUT2D eigenvalue weighted by molar-refractivity contribution is -0.126. The lowest BCUT2D eigenvalue weighted by Gasteiger charge is -2.32. The minimum Gasteiger partial charge on any atom is -0.381 e. The fraction of sp³-hybridized carbons (Fsp3) is 0.318. The second kappa shape index (κ2) is 7.90. The summed E-state index contributed by atoms with van der Waals surface area (Å²) in [6.07, 6.45) is 2.07. The number of rotatable bonds is 2. The Morgan fingerprint density at radius 1 is 1.12 bits per heavy atom. The van der Waals surface area contributed by atoms with E-state index in [0.29, 0.717) is 6.54 Å². The molecular weight excluding hydrogens is 308 g/mol. The number of benzene rings is 2. The van der Waals surface area contributed by atoms with E-state index in [-0.39, 0.29) is 11.9 Å². The van der Waals surface area contributed by atoms with Crippen molar-refractivity contribution in [2.75, 3.05) is 18.4 Å². The van der Waals surface area contributed by atoms with Crippen LogP contribution in [0.5, 0.6) is 0 Å². The number of likely N-dealkylation sites (tertiary alicyclic amines) is 1. The van der Waals surface area contributed by atoms with Gasteiger partial charge in [-0.1, -0.05) is 30.2 Å². The monoisotopic (exact) mass is 332 g/mol. The van der Waals surface area contributed by atoms with Gasteiger partial charge in [0.2, 0.25) is 0 Å². The van der Waals surface area contributed by atoms with E-state index in [0.717, 1.165) is 30.6 Å². The number of piperidine rings is 1. The molecule has 0 bridgehead atoms. The Bertz CT molecular complexity index is 802. The highest BCUT2D eigenvalue weighted by Crippen LogP contribution is 2.19. The number of nitrogens with one attached hydrogen (secondary N) is 1. The highest BCUT2D eigenvalue weighted by Gasteiger charge is 2.22. The summed E-state index contributed by atoms with van der Waals surface area (Å²) in [5.41, 5.74) is 4.57. The Morgan fingerprint density at radius 2 is 1.92 bits per heavy atom. The summed E-state index contributed by atoms with van der Waals surface area (Å²) in [7, 11) is 0. The van der Waals surface area contributed by atoms with Gasteiger partial charge in [0.1, 0.15) is 0 Å². The third kappa shape index (κ3) is 4.64. The summed E-state index contributed by atoms with van der Waals surface area (Å²) in [4.78, 5) is 14.3. The smallest absolute Gasteiger partial charge is 0.298 e. The fourth-order valence-corrected chi connectivity index (χ4v) is 3.07. The van der Waals surface area contributed by atoms with Crippen molar-refractivity contribution in [1.29, 1.82) is 0 Å². The summed E-state index contributed by atoms with van der Waals surface area (Å²) in [5, 5.41) is 3.57. The van der Waals surface area contributed by atoms with Crippen LogP contribution in [0.4, 0.5) is 5.69 Å². The molecule has 2 aromatic carbocycles. The lowest BCUT2D eigenvalue weighted by Crippen LogP contribution is -2.44. The van der Waals surface area contributed by atoms with Gasteiger partial charge in [-0.2, -0.15) is 0 Å². The van der Waals surface area contributed by atoms with Gasteiger partial charge < -0.3 is 10.2 Å². The average molecular weight is 332 g/mol. The molecule has 1 aliphatic rings. The molecule has 2 aromatic rings. The number of carbonyl (C=O) groups is 1. The van der Waals surface area contributed by atoms with E-state index in [1.54, 1.807) is 0 Å². The van der Waals surface area contributed by atoms with Crippen LogP contribution in [0, 0.1) is 25.7 Å². The van der Waals surface area contributed by atoms with Gasteiger partial charge in [0, 0.05) is 36.3 Å². The first-order valence-corrected chi connectivity index (χ1v) is 8.81. The number of hydrogen-bond donors (Lipinski definition) is 1. The molecule has 128 valence electrons. The molecule has 0 aliphatic carbocycles. The molecule has 0 aromatic heterocycles. The predicted molar refractivity (Wildman–Crippen MR) is 102 cm³/mol. The van der Waals surface area contributed by atoms with Gasteiger partial charge in [-0.25, -0.2) is 0 Å². The molecular formula is C22H24N2O. The van der Waals surface area contributed by atoms with Crippen LogP contribution in [0.25, 0.3) is 0 Å². The van der Waals surface area contributed by atoms with Crippen molar-refractivity contribution in [2.24, 2.45) is 0 Å². The first-order valence-electron chi connectivity index (χ1n) is 8.81. The quantitative estimate of drug-likeness (QED) is 0.849. The minimum atomic E-state index is -0.0876. The zero-order valence-corrected chi connectivity index (χ0v) is 14.9. The second-order valence-electron chi connectivity index (χ2n) is 6.65. The molecule has 3 nitrogen and oxygen atoms in total. The van der Waals surface area contributed by atoms with Gasteiger partial charge in [0.25, 0.3) is 5.91 Å². The van der Waals surface area contributed by atoms with Crippen LogP contribution in [0.15, 0.2) is 48.5 Å². The largest absolute Gasteiger partial charge is 0.381 e. The molecule has 3 rings (SSSR count). The number of hydrogen-bond acceptors (Lipinski definition) is 2. The van der Waals surface area contributed by atoms with Crippen LogP contribution in [-0.4, -0.2) is 29.9 Å². The summed E-state index contributed by atoms with van der Waals surface area (Å²) >= 11 is 0. The summed E-state index contributed by atoms with van der Waals surface area (Å²) < 4.78 is 0. The molecule has 1 saturated heterocycles. The van der Waals surface area contributed by atoms with Crippen LogP contribution in [0.3, 0.4) is 0 Å². The van der Waals surface area contributed by atoms with E-state index >= 15 is 0 Å². The molecule has 1 atom stereocenters. The van der Waals surface area contributed by atoms with Crippen LogP contribution < -0.4 is 5.32 Å². The van der Waals surface area contributed by atoms with Gasteiger partial charge in [0.15, 0.2) is 0 Å². The summed E-state index contributed by atoms with van der Waals surface area (Å²) in [6, 6.07) is 16.3. The molecule has 1 heterocycles. The fourth-order valence-electron chi connectivity index (χ4n) is 3.07. The van der Waals surface area contributed by atoms with Crippen molar-refractivity contribution in [3.8, 4) is 11.8 Å². The van der Waals surface area contributed by atoms with Crippen LogP contribution in [-0.2, 0) is 4.79 Å². The number of amides is 1. The number of aryl methyl sites for hydroxylation is 2. The van der Waals surface area contributed by atoms with Crippen molar-refractivity contribution in [3.05, 3.63) is 65.2 Å². The van der Waals surface area contributed by atoms with Crippen molar-refractivity contribution in [1.82, 2.24) is 4.90 Å². The van der Waals surface area contributed by atoms with Crippen molar-refractivity contribution >= 4 is 11.6 Å². The van der Waals surface area contributed by atoms with Gasteiger partial charge in [0.05, 0.1) is 0 Å². The van der Waals surface area contributed by atoms with E-state index < -0.39 is 0 Å². The highest BCUT2D eigenvalue weighted by molar-refractivity contribution is 5.94. The highest BCUT2D eigenvalue weighted by atomic mass is 16.2. The molecule has 1 aliphatic heterocycles. The van der Waals surface area contributed by atoms with Gasteiger partial charge in [-0.05, 0) is 62.1 Å². The Morgan fingerprint density at radius 3 is 2.68 bits per heavy atom. The Kier molecular flexibility index (Phi) is 5.40. The molecule has 0 saturated carbocycles. The van der Waals surface area contributed by atoms with Crippen molar-refractivity contribution in [2.45, 2.75) is 32.7 Å². The Labute approximate surface area is 150 Å². The standard InChI is InChI=1S/C22H24N2O/c1-17-10-12-20(15-18(17)2)23-21-9-6-14-24(16-21)22(25)13-11-19-7-4-3-5-8-19/h3-5,7-8,10,12,15,21,23H,6,9,14,16H2,1-2H3/t21-/m1/s1. The lowest BCUT2D eigenvalue weighted by atomic mass is 10.0. The maximum atomic E-state index is 12.4. The average Bonchev–Trinajstić information content (AvgIpc) is 2.64. The van der Waals surface area contributed by atoms with E-state index in [1.807, 2.05) is 35.2 Å². The van der Waals surface area contributed by atoms with E-state index in [4.69, 9.17) is 0 Å². The number of nitrogens with zero attached hydrogens (tertiary/aromatic N) is 1. The van der Waals surface area contributed by atoms with E-state index in [1.165, 1.54) is 11.1 Å². The maximum Gasteiger partial charge on any atom is 0.298 e. The third-order valence-electron chi connectivity index (χ3n) is 4.67. The van der Waals surface area contributed by atoms with Gasteiger partial charge in [-0.15, -0.1) is 0 Å². The summed E-state index contributed by atoms with van der Waals surface area (Å²) in [5.74, 6) is 5.65. The zero-order chi connectivity index (χ0) is 17.6.